The van der Waals surface area contributed by atoms with Crippen LogP contribution >= 0.6 is 11.3 Å². The summed E-state index contributed by atoms with van der Waals surface area (Å²) in [5.74, 6) is -0.913. The van der Waals surface area contributed by atoms with Gasteiger partial charge in [0.15, 0.2) is 0 Å². The van der Waals surface area contributed by atoms with E-state index < -0.39 is 5.97 Å². The molecule has 1 aromatic rings. The summed E-state index contributed by atoms with van der Waals surface area (Å²) >= 11 is 1.60. The van der Waals surface area contributed by atoms with E-state index in [1.165, 1.54) is 0 Å². The predicted molar refractivity (Wildman–Crippen MR) is 70.6 cm³/mol. The number of hydrogen-bond acceptors (Lipinski definition) is 3. The second kappa shape index (κ2) is 7.00. The van der Waals surface area contributed by atoms with Gasteiger partial charge in [-0.25, -0.2) is 4.79 Å². The first kappa shape index (κ1) is 14.5. The molecule has 0 aromatic carbocycles. The topological polar surface area (TPSA) is 69.6 Å². The van der Waals surface area contributed by atoms with Crippen LogP contribution in [0.1, 0.15) is 25.1 Å². The summed E-state index contributed by atoms with van der Waals surface area (Å²) in [6.07, 6.45) is -0.0672. The van der Waals surface area contributed by atoms with Crippen molar-refractivity contribution in [3.8, 4) is 0 Å². The summed E-state index contributed by atoms with van der Waals surface area (Å²) in [7, 11) is 0. The van der Waals surface area contributed by atoms with Crippen molar-refractivity contribution in [2.24, 2.45) is 0 Å². The van der Waals surface area contributed by atoms with Gasteiger partial charge in [-0.15, -0.1) is 11.3 Å². The SMILES string of the molecule is CCN(Cc1cccs1)C(=O)NC(C)CC(=O)O. The molecule has 0 saturated heterocycles. The fourth-order valence-corrected chi connectivity index (χ4v) is 2.25. The van der Waals surface area contributed by atoms with Crippen LogP contribution in [-0.4, -0.2) is 34.6 Å². The van der Waals surface area contributed by atoms with Gasteiger partial charge in [0.25, 0.3) is 0 Å². The highest BCUT2D eigenvalue weighted by molar-refractivity contribution is 7.09. The maximum atomic E-state index is 11.9. The van der Waals surface area contributed by atoms with E-state index in [9.17, 15) is 9.59 Å². The molecule has 0 bridgehead atoms. The normalized spacial score (nSPS) is 11.9. The highest BCUT2D eigenvalue weighted by Gasteiger charge is 2.16. The van der Waals surface area contributed by atoms with Crippen LogP contribution in [0, 0.1) is 0 Å². The average Bonchev–Trinajstić information content (AvgIpc) is 2.76. The Kier molecular flexibility index (Phi) is 5.64. The molecule has 100 valence electrons. The van der Waals surface area contributed by atoms with Crippen LogP contribution in [0.5, 0.6) is 0 Å². The predicted octanol–water partition coefficient (Wildman–Crippen LogP) is 2.14. The molecule has 1 aromatic heterocycles. The first-order valence-electron chi connectivity index (χ1n) is 5.82. The van der Waals surface area contributed by atoms with Crippen molar-refractivity contribution in [3.63, 3.8) is 0 Å². The van der Waals surface area contributed by atoms with Crippen molar-refractivity contribution < 1.29 is 14.7 Å². The molecule has 1 rings (SSSR count). The number of carbonyl (C=O) groups is 2. The highest BCUT2D eigenvalue weighted by atomic mass is 32.1. The third kappa shape index (κ3) is 4.75. The number of carboxylic acid groups (broad SMARTS) is 1. The van der Waals surface area contributed by atoms with Crippen LogP contribution in [0.2, 0.25) is 0 Å². The van der Waals surface area contributed by atoms with Crippen molar-refractivity contribution >= 4 is 23.3 Å². The molecule has 2 amide bonds. The van der Waals surface area contributed by atoms with E-state index in [-0.39, 0.29) is 18.5 Å². The summed E-state index contributed by atoms with van der Waals surface area (Å²) in [6.45, 7) is 4.73. The summed E-state index contributed by atoms with van der Waals surface area (Å²) in [4.78, 5) is 25.2. The monoisotopic (exact) mass is 270 g/mol. The van der Waals surface area contributed by atoms with E-state index in [2.05, 4.69) is 5.32 Å². The second-order valence-electron chi connectivity index (χ2n) is 4.04. The summed E-state index contributed by atoms with van der Waals surface area (Å²) in [5, 5.41) is 13.3. The van der Waals surface area contributed by atoms with Crippen molar-refractivity contribution in [1.29, 1.82) is 0 Å². The first-order chi connectivity index (χ1) is 8.52. The van der Waals surface area contributed by atoms with Gasteiger partial charge in [0.05, 0.1) is 13.0 Å². The van der Waals surface area contributed by atoms with E-state index in [4.69, 9.17) is 5.11 Å². The van der Waals surface area contributed by atoms with Crippen molar-refractivity contribution in [3.05, 3.63) is 22.4 Å². The number of rotatable bonds is 6. The van der Waals surface area contributed by atoms with E-state index in [1.54, 1.807) is 23.2 Å². The van der Waals surface area contributed by atoms with Crippen LogP contribution in [0.3, 0.4) is 0 Å². The number of nitrogens with zero attached hydrogens (tertiary/aromatic N) is 1. The number of urea groups is 1. The largest absolute Gasteiger partial charge is 0.481 e. The maximum Gasteiger partial charge on any atom is 0.317 e. The lowest BCUT2D eigenvalue weighted by atomic mass is 10.2. The molecule has 1 heterocycles. The van der Waals surface area contributed by atoms with Gasteiger partial charge in [-0.3, -0.25) is 4.79 Å². The van der Waals surface area contributed by atoms with E-state index in [0.29, 0.717) is 13.1 Å². The van der Waals surface area contributed by atoms with Crippen molar-refractivity contribution in [1.82, 2.24) is 10.2 Å². The Morgan fingerprint density at radius 2 is 2.28 bits per heavy atom. The molecule has 0 radical (unpaired) electrons. The number of carbonyl (C=O) groups excluding carboxylic acids is 1. The molecule has 6 heteroatoms. The lowest BCUT2D eigenvalue weighted by molar-refractivity contribution is -0.137. The highest BCUT2D eigenvalue weighted by Crippen LogP contribution is 2.11. The van der Waals surface area contributed by atoms with Gasteiger partial charge in [0.1, 0.15) is 0 Å². The fourth-order valence-electron chi connectivity index (χ4n) is 1.53. The second-order valence-corrected chi connectivity index (χ2v) is 5.07. The zero-order valence-corrected chi connectivity index (χ0v) is 11.4. The van der Waals surface area contributed by atoms with Gasteiger partial charge < -0.3 is 15.3 Å². The van der Waals surface area contributed by atoms with Crippen molar-refractivity contribution in [2.45, 2.75) is 32.9 Å². The van der Waals surface area contributed by atoms with E-state index in [1.807, 2.05) is 24.4 Å². The van der Waals surface area contributed by atoms with E-state index >= 15 is 0 Å². The summed E-state index contributed by atoms with van der Waals surface area (Å²) in [6, 6.07) is 3.33. The Bertz CT molecular complexity index is 392. The van der Waals surface area contributed by atoms with Gasteiger partial charge in [0.2, 0.25) is 0 Å². The van der Waals surface area contributed by atoms with Crippen LogP contribution in [0.4, 0.5) is 4.79 Å². The fraction of sp³-hybridized carbons (Fsp3) is 0.500. The number of amides is 2. The molecule has 2 N–H and O–H groups in total. The lowest BCUT2D eigenvalue weighted by Gasteiger charge is -2.23. The van der Waals surface area contributed by atoms with Gasteiger partial charge in [-0.1, -0.05) is 6.07 Å². The molecule has 5 nitrogen and oxygen atoms in total. The van der Waals surface area contributed by atoms with Gasteiger partial charge >= 0.3 is 12.0 Å². The quantitative estimate of drug-likeness (QED) is 0.832. The average molecular weight is 270 g/mol. The van der Waals surface area contributed by atoms with Gasteiger partial charge in [-0.2, -0.15) is 0 Å². The zero-order valence-electron chi connectivity index (χ0n) is 10.5. The number of hydrogen-bond donors (Lipinski definition) is 2. The van der Waals surface area contributed by atoms with Gasteiger partial charge in [-0.05, 0) is 25.3 Å². The number of thiophene rings is 1. The molecular formula is C12H18N2O3S. The van der Waals surface area contributed by atoms with Crippen molar-refractivity contribution in [2.75, 3.05) is 6.54 Å². The number of nitrogens with one attached hydrogen (secondary N) is 1. The summed E-state index contributed by atoms with van der Waals surface area (Å²) < 4.78 is 0. The molecule has 0 aliphatic carbocycles. The Hall–Kier alpha value is -1.56. The molecule has 0 fully saturated rings. The van der Waals surface area contributed by atoms with E-state index in [0.717, 1.165) is 4.88 Å². The standard InChI is InChI=1S/C12H18N2O3S/c1-3-14(8-10-5-4-6-18-10)12(17)13-9(2)7-11(15)16/h4-6,9H,3,7-8H2,1-2H3,(H,13,17)(H,15,16). The van der Waals surface area contributed by atoms with Crippen LogP contribution in [0.25, 0.3) is 0 Å². The lowest BCUT2D eigenvalue weighted by Crippen LogP contribution is -2.44. The molecule has 0 saturated carbocycles. The van der Waals surface area contributed by atoms with Crippen LogP contribution in [-0.2, 0) is 11.3 Å². The molecule has 1 atom stereocenters. The Morgan fingerprint density at radius 1 is 1.56 bits per heavy atom. The minimum Gasteiger partial charge on any atom is -0.481 e. The Labute approximate surface area is 110 Å². The van der Waals surface area contributed by atoms with Gasteiger partial charge in [0, 0.05) is 17.5 Å². The van der Waals surface area contributed by atoms with Crippen LogP contribution < -0.4 is 5.32 Å². The molecule has 0 aliphatic heterocycles. The molecular weight excluding hydrogens is 252 g/mol. The van der Waals surface area contributed by atoms with Crippen LogP contribution in [0.15, 0.2) is 17.5 Å². The molecule has 0 spiro atoms. The third-order valence-electron chi connectivity index (χ3n) is 2.45. The molecule has 18 heavy (non-hydrogen) atoms. The minimum atomic E-state index is -0.913. The first-order valence-corrected chi connectivity index (χ1v) is 6.70. The summed E-state index contributed by atoms with van der Waals surface area (Å²) in [5.41, 5.74) is 0. The zero-order chi connectivity index (χ0) is 13.5. The smallest absolute Gasteiger partial charge is 0.317 e. The third-order valence-corrected chi connectivity index (χ3v) is 3.31. The Morgan fingerprint density at radius 3 is 2.78 bits per heavy atom. The number of carboxylic acids is 1. The Balaban J connectivity index is 2.49. The molecule has 1 unspecified atom stereocenters. The molecule has 0 aliphatic rings. The minimum absolute atomic E-state index is 0.0672. The number of aliphatic carboxylic acids is 1. The maximum absolute atomic E-state index is 11.9.